The molecule has 7 aromatic carbocycles. The highest BCUT2D eigenvalue weighted by atomic mass is 16.3. The lowest BCUT2D eigenvalue weighted by molar-refractivity contribution is 0.673. The smallest absolute Gasteiger partial charge is 0.167 e. The molecule has 0 aliphatic rings. The Morgan fingerprint density at radius 1 is 0.319 bits per heavy atom. The Balaban J connectivity index is 1.32. The van der Waals surface area contributed by atoms with E-state index in [2.05, 4.69) is 97.1 Å². The fourth-order valence-corrected chi connectivity index (χ4v) is 6.35. The molecule has 0 fully saturated rings. The normalized spacial score (nSPS) is 11.4. The predicted molar refractivity (Wildman–Crippen MR) is 192 cm³/mol. The van der Waals surface area contributed by atoms with Crippen LogP contribution in [0.4, 0.5) is 0 Å². The molecule has 0 radical (unpaired) electrons. The first-order chi connectivity index (χ1) is 23.3. The fourth-order valence-electron chi connectivity index (χ4n) is 6.35. The van der Waals surface area contributed by atoms with Gasteiger partial charge >= 0.3 is 0 Å². The molecule has 0 saturated heterocycles. The van der Waals surface area contributed by atoms with E-state index in [1.807, 2.05) is 66.7 Å². The summed E-state index contributed by atoms with van der Waals surface area (Å²) in [4.78, 5) is 15.1. The van der Waals surface area contributed by atoms with Crippen LogP contribution >= 0.6 is 0 Å². The van der Waals surface area contributed by atoms with E-state index in [0.29, 0.717) is 17.5 Å². The van der Waals surface area contributed by atoms with Crippen LogP contribution in [0.1, 0.15) is 0 Å². The summed E-state index contributed by atoms with van der Waals surface area (Å²) in [6.45, 7) is 0. The van der Waals surface area contributed by atoms with Crippen molar-refractivity contribution in [3.8, 4) is 56.4 Å². The molecule has 2 aromatic heterocycles. The Morgan fingerprint density at radius 2 is 0.830 bits per heavy atom. The molecular formula is C43H27N3O. The number of hydrogen-bond acceptors (Lipinski definition) is 4. The first kappa shape index (κ1) is 27.0. The number of nitrogens with zero attached hydrogens (tertiary/aromatic N) is 3. The zero-order valence-corrected chi connectivity index (χ0v) is 25.3. The summed E-state index contributed by atoms with van der Waals surface area (Å²) in [6, 6.07) is 56.4. The van der Waals surface area contributed by atoms with E-state index in [1.54, 1.807) is 0 Å². The second-order valence-corrected chi connectivity index (χ2v) is 11.6. The highest BCUT2D eigenvalue weighted by Crippen LogP contribution is 2.41. The zero-order valence-electron chi connectivity index (χ0n) is 25.3. The molecule has 47 heavy (non-hydrogen) atoms. The Kier molecular flexibility index (Phi) is 6.43. The van der Waals surface area contributed by atoms with Crippen molar-refractivity contribution in [3.63, 3.8) is 0 Å². The van der Waals surface area contributed by atoms with E-state index >= 15 is 0 Å². The van der Waals surface area contributed by atoms with Gasteiger partial charge < -0.3 is 4.42 Å². The molecule has 9 rings (SSSR count). The lowest BCUT2D eigenvalue weighted by Gasteiger charge is -2.11. The molecular weight excluding hydrogens is 574 g/mol. The highest BCUT2D eigenvalue weighted by molar-refractivity contribution is 6.18. The van der Waals surface area contributed by atoms with Gasteiger partial charge in [0.05, 0.1) is 5.56 Å². The van der Waals surface area contributed by atoms with Gasteiger partial charge in [0.25, 0.3) is 0 Å². The van der Waals surface area contributed by atoms with Crippen LogP contribution in [0.25, 0.3) is 89.1 Å². The van der Waals surface area contributed by atoms with Crippen LogP contribution < -0.4 is 0 Å². The minimum Gasteiger partial charge on any atom is -0.455 e. The summed E-state index contributed by atoms with van der Waals surface area (Å²) in [6.07, 6.45) is 0. The third-order valence-corrected chi connectivity index (χ3v) is 8.73. The summed E-state index contributed by atoms with van der Waals surface area (Å²) in [5.74, 6) is 1.79. The quantitative estimate of drug-likeness (QED) is 0.197. The summed E-state index contributed by atoms with van der Waals surface area (Å²) < 4.78 is 6.81. The topological polar surface area (TPSA) is 51.8 Å². The predicted octanol–water partition coefficient (Wildman–Crippen LogP) is 11.3. The molecule has 0 unspecified atom stereocenters. The van der Waals surface area contributed by atoms with Crippen molar-refractivity contribution in [2.24, 2.45) is 0 Å². The molecule has 0 N–H and O–H groups in total. The van der Waals surface area contributed by atoms with Crippen molar-refractivity contribution in [1.82, 2.24) is 15.0 Å². The number of benzene rings is 7. The van der Waals surface area contributed by atoms with E-state index in [-0.39, 0.29) is 0 Å². The van der Waals surface area contributed by atoms with Crippen LogP contribution in [-0.4, -0.2) is 15.0 Å². The molecule has 0 atom stereocenters. The summed E-state index contributed by atoms with van der Waals surface area (Å²) >= 11 is 0. The van der Waals surface area contributed by atoms with Crippen molar-refractivity contribution < 1.29 is 4.42 Å². The van der Waals surface area contributed by atoms with Crippen LogP contribution in [0.15, 0.2) is 168 Å². The highest BCUT2D eigenvalue weighted by Gasteiger charge is 2.20. The number of furan rings is 1. The number of rotatable bonds is 5. The Bertz CT molecular complexity index is 2480. The van der Waals surface area contributed by atoms with Crippen LogP contribution in [0.5, 0.6) is 0 Å². The van der Waals surface area contributed by atoms with Crippen molar-refractivity contribution in [2.45, 2.75) is 0 Å². The molecule has 9 aromatic rings. The third kappa shape index (κ3) is 4.84. The molecule has 0 spiro atoms. The van der Waals surface area contributed by atoms with Gasteiger partial charge in [-0.1, -0.05) is 146 Å². The van der Waals surface area contributed by atoms with Crippen LogP contribution in [0, 0.1) is 0 Å². The lowest BCUT2D eigenvalue weighted by atomic mass is 9.96. The minimum atomic E-state index is 0.564. The van der Waals surface area contributed by atoms with Gasteiger partial charge in [-0.2, -0.15) is 0 Å². The zero-order chi connectivity index (χ0) is 31.2. The number of fused-ring (bicyclic) bond motifs is 5. The monoisotopic (exact) mass is 601 g/mol. The van der Waals surface area contributed by atoms with Crippen molar-refractivity contribution in [1.29, 1.82) is 0 Å². The molecule has 4 heteroatoms. The first-order valence-corrected chi connectivity index (χ1v) is 15.7. The van der Waals surface area contributed by atoms with E-state index in [9.17, 15) is 0 Å². The summed E-state index contributed by atoms with van der Waals surface area (Å²) in [7, 11) is 0. The molecule has 0 saturated carbocycles. The van der Waals surface area contributed by atoms with Crippen molar-refractivity contribution in [2.75, 3.05) is 0 Å². The van der Waals surface area contributed by atoms with Crippen LogP contribution in [0.3, 0.4) is 0 Å². The molecule has 4 nitrogen and oxygen atoms in total. The largest absolute Gasteiger partial charge is 0.455 e. The maximum atomic E-state index is 6.81. The SMILES string of the molecule is c1ccc(-c2ccc(-c3cc(-c4nc(-c5ccccc5)nc(-c5ccccc5)n4)c4oc5c6ccccc6ccc5c4c3)cc2)cc1. The first-order valence-electron chi connectivity index (χ1n) is 15.7. The van der Waals surface area contributed by atoms with E-state index < -0.39 is 0 Å². The summed E-state index contributed by atoms with van der Waals surface area (Å²) in [5.41, 5.74) is 8.81. The molecule has 0 aliphatic heterocycles. The summed E-state index contributed by atoms with van der Waals surface area (Å²) in [5, 5.41) is 4.29. The second kappa shape index (κ2) is 11.2. The van der Waals surface area contributed by atoms with Gasteiger partial charge in [-0.25, -0.2) is 15.0 Å². The Morgan fingerprint density at radius 3 is 1.47 bits per heavy atom. The maximum Gasteiger partial charge on any atom is 0.167 e. The van der Waals surface area contributed by atoms with Crippen LogP contribution in [0.2, 0.25) is 0 Å². The maximum absolute atomic E-state index is 6.81. The Labute approximate surface area is 271 Å². The third-order valence-electron chi connectivity index (χ3n) is 8.73. The fraction of sp³-hybridized carbons (Fsp3) is 0. The van der Waals surface area contributed by atoms with Gasteiger partial charge in [0, 0.05) is 27.3 Å². The van der Waals surface area contributed by atoms with Gasteiger partial charge in [-0.3, -0.25) is 0 Å². The molecule has 0 aliphatic carbocycles. The van der Waals surface area contributed by atoms with E-state index in [0.717, 1.165) is 60.5 Å². The van der Waals surface area contributed by atoms with Gasteiger partial charge in [0.15, 0.2) is 17.5 Å². The average molecular weight is 602 g/mol. The molecule has 220 valence electrons. The Hall–Kier alpha value is -6.39. The lowest BCUT2D eigenvalue weighted by Crippen LogP contribution is -2.00. The van der Waals surface area contributed by atoms with Crippen LogP contribution in [-0.2, 0) is 0 Å². The minimum absolute atomic E-state index is 0.564. The van der Waals surface area contributed by atoms with Gasteiger partial charge in [0.2, 0.25) is 0 Å². The standard InChI is InChI=1S/C43H27N3O/c1-4-12-28(13-5-1)29-20-22-30(23-21-29)34-26-37-36-25-24-31-14-10-11-19-35(31)39(36)47-40(37)38(27-34)43-45-41(32-15-6-2-7-16-32)44-42(46-43)33-17-8-3-9-18-33/h1-27H. The van der Waals surface area contributed by atoms with E-state index in [4.69, 9.17) is 19.4 Å². The number of hydrogen-bond donors (Lipinski definition) is 0. The number of aromatic nitrogens is 3. The second-order valence-electron chi connectivity index (χ2n) is 11.6. The molecule has 2 heterocycles. The van der Waals surface area contributed by atoms with Gasteiger partial charge in [0.1, 0.15) is 11.2 Å². The molecule has 0 amide bonds. The average Bonchev–Trinajstić information content (AvgIpc) is 3.55. The van der Waals surface area contributed by atoms with Gasteiger partial charge in [-0.05, 0) is 45.8 Å². The van der Waals surface area contributed by atoms with Crippen molar-refractivity contribution >= 4 is 32.7 Å². The van der Waals surface area contributed by atoms with Crippen molar-refractivity contribution in [3.05, 3.63) is 164 Å². The molecule has 0 bridgehead atoms. The van der Waals surface area contributed by atoms with Gasteiger partial charge in [-0.15, -0.1) is 0 Å². The van der Waals surface area contributed by atoms with E-state index in [1.165, 1.54) is 11.1 Å².